The van der Waals surface area contributed by atoms with Crippen molar-refractivity contribution in [2.75, 3.05) is 26.4 Å². The Kier molecular flexibility index (Phi) is 9.07. The molecule has 0 aliphatic rings. The van der Waals surface area contributed by atoms with Crippen molar-refractivity contribution in [1.29, 1.82) is 0 Å². The second-order valence-electron chi connectivity index (χ2n) is 4.63. The number of rotatable bonds is 10. The van der Waals surface area contributed by atoms with Gasteiger partial charge < -0.3 is 24.9 Å². The van der Waals surface area contributed by atoms with Crippen LogP contribution in [0.2, 0.25) is 0 Å². The number of carbonyl (C=O) groups excluding carboxylic acids is 3. The van der Waals surface area contributed by atoms with Gasteiger partial charge in [-0.1, -0.05) is 30.3 Å². The zero-order valence-corrected chi connectivity index (χ0v) is 13.1. The van der Waals surface area contributed by atoms with Crippen molar-refractivity contribution in [3.05, 3.63) is 35.9 Å². The fourth-order valence-electron chi connectivity index (χ4n) is 1.85. The van der Waals surface area contributed by atoms with Crippen molar-refractivity contribution in [1.82, 2.24) is 10.6 Å². The van der Waals surface area contributed by atoms with E-state index in [1.165, 1.54) is 0 Å². The summed E-state index contributed by atoms with van der Waals surface area (Å²) in [5.41, 5.74) is 0.883. The topological polar surface area (TPSA) is 93.7 Å². The molecule has 0 aliphatic heterocycles. The zero-order valence-electron chi connectivity index (χ0n) is 13.1. The summed E-state index contributed by atoms with van der Waals surface area (Å²) >= 11 is 0. The minimum Gasteiger partial charge on any atom is -0.447 e. The highest BCUT2D eigenvalue weighted by molar-refractivity contribution is 5.87. The van der Waals surface area contributed by atoms with Gasteiger partial charge in [-0.15, -0.1) is 0 Å². The quantitative estimate of drug-likeness (QED) is 0.488. The molecule has 2 N–H and O–H groups in total. The fourth-order valence-corrected chi connectivity index (χ4v) is 1.85. The van der Waals surface area contributed by atoms with E-state index in [9.17, 15) is 14.4 Å². The Morgan fingerprint density at radius 1 is 1.22 bits per heavy atom. The number of nitrogens with one attached hydrogen (secondary N) is 2. The highest BCUT2D eigenvalue weighted by Gasteiger charge is 2.21. The molecule has 0 saturated carbocycles. The highest BCUT2D eigenvalue weighted by Crippen LogP contribution is 2.04. The molecule has 1 aromatic carbocycles. The molecule has 1 unspecified atom stereocenters. The second kappa shape index (κ2) is 11.2. The molecule has 23 heavy (non-hydrogen) atoms. The molecule has 1 atom stereocenters. The van der Waals surface area contributed by atoms with Crippen molar-refractivity contribution in [3.63, 3.8) is 0 Å². The number of aldehydes is 1. The first kappa shape index (κ1) is 18.6. The van der Waals surface area contributed by atoms with Crippen LogP contribution in [0.1, 0.15) is 12.5 Å². The normalized spacial score (nSPS) is 11.3. The molecule has 7 heteroatoms. The van der Waals surface area contributed by atoms with Crippen molar-refractivity contribution in [3.8, 4) is 0 Å². The van der Waals surface area contributed by atoms with Crippen molar-refractivity contribution < 1.29 is 23.9 Å². The summed E-state index contributed by atoms with van der Waals surface area (Å²) in [6, 6.07) is 8.42. The van der Waals surface area contributed by atoms with Gasteiger partial charge in [0.05, 0.1) is 13.2 Å². The van der Waals surface area contributed by atoms with Crippen LogP contribution < -0.4 is 10.6 Å². The monoisotopic (exact) mass is 322 g/mol. The Balaban J connectivity index is 2.57. The summed E-state index contributed by atoms with van der Waals surface area (Å²) in [7, 11) is 0. The number of carbonyl (C=O) groups is 3. The first-order valence-electron chi connectivity index (χ1n) is 7.43. The summed E-state index contributed by atoms with van der Waals surface area (Å²) < 4.78 is 10.0. The van der Waals surface area contributed by atoms with E-state index in [1.807, 2.05) is 37.3 Å². The van der Waals surface area contributed by atoms with E-state index in [1.54, 1.807) is 0 Å². The highest BCUT2D eigenvalue weighted by atomic mass is 16.6. The lowest BCUT2D eigenvalue weighted by Crippen LogP contribution is -2.48. The second-order valence-corrected chi connectivity index (χ2v) is 4.63. The van der Waals surface area contributed by atoms with Crippen molar-refractivity contribution in [2.45, 2.75) is 19.4 Å². The van der Waals surface area contributed by atoms with Crippen LogP contribution in [0.15, 0.2) is 30.3 Å². The minimum atomic E-state index is -0.822. The van der Waals surface area contributed by atoms with Gasteiger partial charge in [0.2, 0.25) is 5.91 Å². The predicted octanol–water partition coefficient (Wildman–Crippen LogP) is 0.675. The SMILES string of the molecule is CCOCCOC(=O)NC(Cc1ccccc1)C(=O)NCC=O. The molecule has 0 aromatic heterocycles. The van der Waals surface area contributed by atoms with Crippen molar-refractivity contribution in [2.24, 2.45) is 0 Å². The maximum Gasteiger partial charge on any atom is 0.407 e. The van der Waals surface area contributed by atoms with E-state index in [4.69, 9.17) is 9.47 Å². The molecule has 0 saturated heterocycles. The first-order chi connectivity index (χ1) is 11.2. The van der Waals surface area contributed by atoms with Crippen LogP contribution in [0.3, 0.4) is 0 Å². The van der Waals surface area contributed by atoms with E-state index in [0.29, 0.717) is 25.9 Å². The molecule has 1 rings (SSSR count). The number of hydrogen-bond acceptors (Lipinski definition) is 5. The van der Waals surface area contributed by atoms with Gasteiger partial charge in [0.25, 0.3) is 0 Å². The Labute approximate surface area is 135 Å². The standard InChI is InChI=1S/C16H22N2O5/c1-2-22-10-11-23-16(21)18-14(15(20)17-8-9-19)12-13-6-4-3-5-7-13/h3-7,9,14H,2,8,10-12H2,1H3,(H,17,20)(H,18,21). The molecular weight excluding hydrogens is 300 g/mol. The molecule has 0 fully saturated rings. The number of hydrogen-bond donors (Lipinski definition) is 2. The molecule has 0 spiro atoms. The third-order valence-corrected chi connectivity index (χ3v) is 2.92. The maximum absolute atomic E-state index is 12.1. The third kappa shape index (κ3) is 7.96. The van der Waals surface area contributed by atoms with E-state index < -0.39 is 18.0 Å². The Bertz CT molecular complexity index is 493. The third-order valence-electron chi connectivity index (χ3n) is 2.92. The summed E-state index contributed by atoms with van der Waals surface area (Å²) in [6.45, 7) is 2.67. The molecular formula is C16H22N2O5. The smallest absolute Gasteiger partial charge is 0.407 e. The number of ether oxygens (including phenoxy) is 2. The van der Waals surface area contributed by atoms with Gasteiger partial charge in [0.1, 0.15) is 18.9 Å². The van der Waals surface area contributed by atoms with Crippen LogP contribution in [-0.2, 0) is 25.5 Å². The molecule has 0 aliphatic carbocycles. The van der Waals surface area contributed by atoms with Crippen molar-refractivity contribution >= 4 is 18.3 Å². The van der Waals surface area contributed by atoms with Gasteiger partial charge in [-0.25, -0.2) is 4.79 Å². The average molecular weight is 322 g/mol. The summed E-state index contributed by atoms with van der Waals surface area (Å²) in [6.07, 6.45) is 0.177. The minimum absolute atomic E-state index is 0.105. The van der Waals surface area contributed by atoms with Crippen LogP contribution in [0.5, 0.6) is 0 Å². The van der Waals surface area contributed by atoms with E-state index >= 15 is 0 Å². The fraction of sp³-hybridized carbons (Fsp3) is 0.438. The largest absolute Gasteiger partial charge is 0.447 e. The van der Waals surface area contributed by atoms with Gasteiger partial charge in [0.15, 0.2) is 0 Å². The average Bonchev–Trinajstić information content (AvgIpc) is 2.57. The molecule has 7 nitrogen and oxygen atoms in total. The van der Waals surface area contributed by atoms with E-state index in [0.717, 1.165) is 5.56 Å². The lowest BCUT2D eigenvalue weighted by atomic mass is 10.1. The van der Waals surface area contributed by atoms with Crippen LogP contribution >= 0.6 is 0 Å². The summed E-state index contributed by atoms with van der Waals surface area (Å²) in [4.78, 5) is 34.2. The van der Waals surface area contributed by atoms with Crippen LogP contribution in [-0.4, -0.2) is 50.7 Å². The van der Waals surface area contributed by atoms with Crippen LogP contribution in [0.25, 0.3) is 0 Å². The first-order valence-corrected chi connectivity index (χ1v) is 7.43. The van der Waals surface area contributed by atoms with E-state index in [-0.39, 0.29) is 13.2 Å². The number of alkyl carbamates (subject to hydrolysis) is 1. The molecule has 2 amide bonds. The van der Waals surface area contributed by atoms with E-state index in [2.05, 4.69) is 10.6 Å². The Morgan fingerprint density at radius 2 is 1.96 bits per heavy atom. The maximum atomic E-state index is 12.1. The molecule has 126 valence electrons. The molecule has 1 aromatic rings. The number of amides is 2. The zero-order chi connectivity index (χ0) is 16.9. The molecule has 0 heterocycles. The van der Waals surface area contributed by atoms with Crippen LogP contribution in [0.4, 0.5) is 4.79 Å². The van der Waals surface area contributed by atoms with Gasteiger partial charge >= 0.3 is 6.09 Å². The van der Waals surface area contributed by atoms with Gasteiger partial charge in [-0.2, -0.15) is 0 Å². The summed E-state index contributed by atoms with van der Waals surface area (Å²) in [5.74, 6) is -0.442. The van der Waals surface area contributed by atoms with Gasteiger partial charge in [-0.05, 0) is 12.5 Å². The van der Waals surface area contributed by atoms with Crippen LogP contribution in [0, 0.1) is 0 Å². The summed E-state index contributed by atoms with van der Waals surface area (Å²) in [5, 5.41) is 4.94. The number of benzene rings is 1. The lowest BCUT2D eigenvalue weighted by molar-refractivity contribution is -0.124. The van der Waals surface area contributed by atoms with Gasteiger partial charge in [-0.3, -0.25) is 4.79 Å². The van der Waals surface area contributed by atoms with Gasteiger partial charge in [0, 0.05) is 13.0 Å². The Morgan fingerprint density at radius 3 is 2.61 bits per heavy atom. The molecule has 0 radical (unpaired) electrons. The lowest BCUT2D eigenvalue weighted by Gasteiger charge is -2.18. The predicted molar refractivity (Wildman–Crippen MR) is 84.0 cm³/mol. The Hall–Kier alpha value is -2.41. The molecule has 0 bridgehead atoms.